The zero-order valence-electron chi connectivity index (χ0n) is 5.92. The maximum absolute atomic E-state index is 10.4. The predicted molar refractivity (Wildman–Crippen MR) is 55.1 cm³/mol. The van der Waals surface area contributed by atoms with Gasteiger partial charge in [-0.05, 0) is 0 Å². The first-order chi connectivity index (χ1) is 5.63. The van der Waals surface area contributed by atoms with Crippen LogP contribution in [0, 0.1) is 0 Å². The molecule has 6 heteroatoms. The lowest BCUT2D eigenvalue weighted by molar-refractivity contribution is -0.131. The van der Waals surface area contributed by atoms with Crippen molar-refractivity contribution in [2.75, 3.05) is 11.5 Å². The van der Waals surface area contributed by atoms with Crippen LogP contribution in [0.3, 0.4) is 0 Å². The number of carbonyl (C=O) groups is 1. The molecule has 1 heterocycles. The number of halogens is 2. The molecule has 0 radical (unpaired) electrons. The summed E-state index contributed by atoms with van der Waals surface area (Å²) in [6.45, 7) is 0. The lowest BCUT2D eigenvalue weighted by atomic mass is 10.5. The third-order valence-electron chi connectivity index (χ3n) is 1.23. The highest BCUT2D eigenvalue weighted by atomic mass is 35.5. The van der Waals surface area contributed by atoms with Crippen molar-refractivity contribution in [3.63, 3.8) is 0 Å². The van der Waals surface area contributed by atoms with Crippen LogP contribution in [0.1, 0.15) is 0 Å². The van der Waals surface area contributed by atoms with Crippen molar-refractivity contribution in [3.8, 4) is 0 Å². The highest BCUT2D eigenvalue weighted by Gasteiger charge is 2.24. The molecule has 1 aliphatic rings. The van der Waals surface area contributed by atoms with E-state index in [4.69, 9.17) is 28.3 Å². The average molecular weight is 245 g/mol. The van der Waals surface area contributed by atoms with Gasteiger partial charge in [-0.15, -0.1) is 23.5 Å². The first-order valence-corrected chi connectivity index (χ1v) is 6.00. The molecule has 0 aliphatic carbocycles. The van der Waals surface area contributed by atoms with Crippen LogP contribution < -0.4 is 0 Å². The molecule has 0 unspecified atom stereocenters. The molecule has 2 nitrogen and oxygen atoms in total. The van der Waals surface area contributed by atoms with Gasteiger partial charge in [0.1, 0.15) is 5.03 Å². The Morgan fingerprint density at radius 2 is 1.83 bits per heavy atom. The lowest BCUT2D eigenvalue weighted by Crippen LogP contribution is -2.01. The van der Waals surface area contributed by atoms with Crippen molar-refractivity contribution in [1.82, 2.24) is 0 Å². The zero-order valence-corrected chi connectivity index (χ0v) is 9.06. The fourth-order valence-corrected chi connectivity index (χ4v) is 4.10. The minimum absolute atomic E-state index is 0.00951. The highest BCUT2D eigenvalue weighted by molar-refractivity contribution is 8.20. The molecule has 1 N–H and O–H groups in total. The van der Waals surface area contributed by atoms with E-state index in [1.807, 2.05) is 0 Å². The Morgan fingerprint density at radius 3 is 2.25 bits per heavy atom. The minimum Gasteiger partial charge on any atom is -0.477 e. The normalized spacial score (nSPS) is 20.8. The van der Waals surface area contributed by atoms with E-state index < -0.39 is 5.97 Å². The van der Waals surface area contributed by atoms with Crippen molar-refractivity contribution >= 4 is 52.7 Å². The largest absolute Gasteiger partial charge is 0.477 e. The van der Waals surface area contributed by atoms with Crippen LogP contribution in [-0.2, 0) is 4.79 Å². The molecule has 12 heavy (non-hydrogen) atoms. The fourth-order valence-electron chi connectivity index (χ4n) is 0.710. The van der Waals surface area contributed by atoms with Crippen LogP contribution in [0.5, 0.6) is 0 Å². The van der Waals surface area contributed by atoms with Crippen LogP contribution in [0.15, 0.2) is 10.1 Å². The Morgan fingerprint density at radius 1 is 1.33 bits per heavy atom. The molecule has 0 aromatic rings. The lowest BCUT2D eigenvalue weighted by Gasteiger charge is -2.06. The molecule has 0 bridgehead atoms. The number of thioether (sulfide) groups is 2. The van der Waals surface area contributed by atoms with Crippen LogP contribution in [0.2, 0.25) is 0 Å². The summed E-state index contributed by atoms with van der Waals surface area (Å²) in [7, 11) is 0. The summed E-state index contributed by atoms with van der Waals surface area (Å²) >= 11 is 14.5. The summed E-state index contributed by atoms with van der Waals surface area (Å²) in [5.74, 6) is 0.833. The van der Waals surface area contributed by atoms with Crippen LogP contribution in [-0.4, -0.2) is 27.2 Å². The van der Waals surface area contributed by atoms with E-state index >= 15 is 0 Å². The van der Waals surface area contributed by atoms with Crippen LogP contribution >= 0.6 is 46.7 Å². The minimum atomic E-state index is -1.16. The van der Waals surface area contributed by atoms with E-state index in [2.05, 4.69) is 0 Å². The number of carboxylic acid groups (broad SMARTS) is 1. The van der Waals surface area contributed by atoms with Crippen molar-refractivity contribution in [2.24, 2.45) is 0 Å². The topological polar surface area (TPSA) is 37.3 Å². The maximum atomic E-state index is 10.4. The fraction of sp³-hybridized carbons (Fsp3) is 0.500. The summed E-state index contributed by atoms with van der Waals surface area (Å²) in [5.41, 5.74) is 0. The van der Waals surface area contributed by atoms with E-state index in [0.29, 0.717) is 0 Å². The van der Waals surface area contributed by atoms with E-state index in [1.165, 1.54) is 0 Å². The molecule has 0 atom stereocenters. The second kappa shape index (κ2) is 4.65. The number of hydrogen-bond acceptors (Lipinski definition) is 3. The van der Waals surface area contributed by atoms with Gasteiger partial charge in [-0.2, -0.15) is 0 Å². The van der Waals surface area contributed by atoms with Gasteiger partial charge in [0.2, 0.25) is 0 Å². The number of rotatable bonds is 2. The first-order valence-electron chi connectivity index (χ1n) is 3.14. The van der Waals surface area contributed by atoms with Crippen LogP contribution in [0.25, 0.3) is 0 Å². The molecule has 0 aromatic heterocycles. The highest BCUT2D eigenvalue weighted by Crippen LogP contribution is 2.40. The molecule has 0 spiro atoms. The van der Waals surface area contributed by atoms with Crippen molar-refractivity contribution in [1.29, 1.82) is 0 Å². The van der Waals surface area contributed by atoms with Gasteiger partial charge >= 0.3 is 5.97 Å². The van der Waals surface area contributed by atoms with E-state index in [1.54, 1.807) is 23.5 Å². The monoisotopic (exact) mass is 244 g/mol. The zero-order chi connectivity index (χ0) is 9.14. The van der Waals surface area contributed by atoms with Gasteiger partial charge in [0.05, 0.1) is 9.61 Å². The third kappa shape index (κ3) is 2.49. The van der Waals surface area contributed by atoms with Gasteiger partial charge in [-0.25, -0.2) is 4.79 Å². The first kappa shape index (κ1) is 10.6. The quantitative estimate of drug-likeness (QED) is 0.758. The molecule has 1 aliphatic heterocycles. The number of aliphatic carboxylic acids is 1. The average Bonchev–Trinajstić information content (AvgIpc) is 2.53. The summed E-state index contributed by atoms with van der Waals surface area (Å²) in [6.07, 6.45) is 0. The number of carboxylic acids is 1. The summed E-state index contributed by atoms with van der Waals surface area (Å²) in [4.78, 5) is 10.4. The third-order valence-corrected chi connectivity index (χ3v) is 5.39. The Bertz CT molecular complexity index is 224. The van der Waals surface area contributed by atoms with Gasteiger partial charge in [-0.3, -0.25) is 0 Å². The molecule has 1 rings (SSSR count). The van der Waals surface area contributed by atoms with Crippen LogP contribution in [0.4, 0.5) is 0 Å². The van der Waals surface area contributed by atoms with Crippen molar-refractivity contribution in [2.45, 2.75) is 4.58 Å². The summed E-state index contributed by atoms with van der Waals surface area (Å²) in [6, 6.07) is 0. The standard InChI is InChI=1S/C6H6Cl2O2S2/c7-3(5(9)10)4(8)6-11-1-2-12-6/h6H,1-2H2,(H,9,10)/b4-3-. The Kier molecular flexibility index (Phi) is 4.10. The molecule has 68 valence electrons. The molecule has 1 saturated heterocycles. The second-order valence-electron chi connectivity index (χ2n) is 2.04. The molecule has 1 fully saturated rings. The van der Waals surface area contributed by atoms with Crippen molar-refractivity contribution < 1.29 is 9.90 Å². The number of hydrogen-bond donors (Lipinski definition) is 1. The van der Waals surface area contributed by atoms with Gasteiger partial charge in [0, 0.05) is 11.5 Å². The van der Waals surface area contributed by atoms with Crippen molar-refractivity contribution in [3.05, 3.63) is 10.1 Å². The molecule has 0 aromatic carbocycles. The van der Waals surface area contributed by atoms with Gasteiger partial charge < -0.3 is 5.11 Å². The molecular formula is C6H6Cl2O2S2. The predicted octanol–water partition coefficient (Wildman–Crippen LogP) is 2.57. The Balaban J connectivity index is 2.72. The Hall–Kier alpha value is 0.490. The van der Waals surface area contributed by atoms with Gasteiger partial charge in [0.15, 0.2) is 0 Å². The maximum Gasteiger partial charge on any atom is 0.348 e. The molecule has 0 amide bonds. The summed E-state index contributed by atoms with van der Waals surface area (Å²) in [5, 5.41) is 8.51. The Labute approximate surface area is 88.7 Å². The van der Waals surface area contributed by atoms with Gasteiger partial charge in [0.25, 0.3) is 0 Å². The smallest absolute Gasteiger partial charge is 0.348 e. The summed E-state index contributed by atoms with van der Waals surface area (Å²) < 4.78 is 0.00951. The van der Waals surface area contributed by atoms with E-state index in [0.717, 1.165) is 11.5 Å². The second-order valence-corrected chi connectivity index (χ2v) is 5.55. The molecule has 0 saturated carbocycles. The molecular weight excluding hydrogens is 239 g/mol. The van der Waals surface area contributed by atoms with E-state index in [9.17, 15) is 4.79 Å². The van der Waals surface area contributed by atoms with Gasteiger partial charge in [-0.1, -0.05) is 23.2 Å². The van der Waals surface area contributed by atoms with E-state index in [-0.39, 0.29) is 14.6 Å². The SMILES string of the molecule is O=C(O)/C(Cl)=C(/Cl)C1SCCS1.